The van der Waals surface area contributed by atoms with Gasteiger partial charge in [-0.25, -0.2) is 9.78 Å². The number of nitrogens with one attached hydrogen (secondary N) is 3. The van der Waals surface area contributed by atoms with Crippen LogP contribution in [0.2, 0.25) is 0 Å². The van der Waals surface area contributed by atoms with E-state index in [4.69, 9.17) is 0 Å². The third kappa shape index (κ3) is 4.44. The zero-order valence-electron chi connectivity index (χ0n) is 18.6. The SMILES string of the molecule is CCN(CC)C(=O)Cn1ccc2cc(NC(=O)NC(C)c3nc4ccccc4[nH]3)ccc21. The fourth-order valence-electron chi connectivity index (χ4n) is 3.85. The van der Waals surface area contributed by atoms with Gasteiger partial charge in [0, 0.05) is 35.9 Å². The van der Waals surface area contributed by atoms with E-state index in [0.717, 1.165) is 21.9 Å². The van der Waals surface area contributed by atoms with Gasteiger partial charge in [0.15, 0.2) is 0 Å². The Morgan fingerprint density at radius 3 is 2.66 bits per heavy atom. The van der Waals surface area contributed by atoms with E-state index in [0.29, 0.717) is 31.1 Å². The first-order valence-electron chi connectivity index (χ1n) is 10.9. The van der Waals surface area contributed by atoms with Gasteiger partial charge in [-0.1, -0.05) is 12.1 Å². The lowest BCUT2D eigenvalue weighted by atomic mass is 10.2. The number of para-hydroxylation sites is 2. The number of hydrogen-bond donors (Lipinski definition) is 3. The molecule has 2 heterocycles. The number of rotatable bonds is 7. The monoisotopic (exact) mass is 432 g/mol. The van der Waals surface area contributed by atoms with Crippen LogP contribution >= 0.6 is 0 Å². The topological polar surface area (TPSA) is 95.1 Å². The van der Waals surface area contributed by atoms with Crippen molar-refractivity contribution in [2.75, 3.05) is 18.4 Å². The van der Waals surface area contributed by atoms with Gasteiger partial charge in [0.25, 0.3) is 0 Å². The van der Waals surface area contributed by atoms with Gasteiger partial charge in [0.2, 0.25) is 5.91 Å². The van der Waals surface area contributed by atoms with E-state index in [1.54, 1.807) is 0 Å². The molecule has 1 atom stereocenters. The summed E-state index contributed by atoms with van der Waals surface area (Å²) >= 11 is 0. The summed E-state index contributed by atoms with van der Waals surface area (Å²) in [5.74, 6) is 0.792. The van der Waals surface area contributed by atoms with Gasteiger partial charge < -0.3 is 25.1 Å². The van der Waals surface area contributed by atoms with Gasteiger partial charge in [0.05, 0.1) is 17.1 Å². The highest BCUT2D eigenvalue weighted by Gasteiger charge is 2.15. The lowest BCUT2D eigenvalue weighted by Crippen LogP contribution is -2.33. The highest BCUT2D eigenvalue weighted by atomic mass is 16.2. The van der Waals surface area contributed by atoms with Crippen molar-refractivity contribution in [1.82, 2.24) is 24.8 Å². The third-order valence-electron chi connectivity index (χ3n) is 5.62. The zero-order valence-corrected chi connectivity index (χ0v) is 18.6. The first-order chi connectivity index (χ1) is 15.5. The van der Waals surface area contributed by atoms with E-state index in [1.807, 2.05) is 85.0 Å². The third-order valence-corrected chi connectivity index (χ3v) is 5.62. The number of carbonyl (C=O) groups excluding carboxylic acids is 2. The van der Waals surface area contributed by atoms with Gasteiger partial charge in [0.1, 0.15) is 12.4 Å². The Balaban J connectivity index is 1.41. The Bertz CT molecular complexity index is 1220. The summed E-state index contributed by atoms with van der Waals surface area (Å²) < 4.78 is 1.93. The van der Waals surface area contributed by atoms with Crippen molar-refractivity contribution in [3.05, 3.63) is 60.6 Å². The standard InChI is InChI=1S/C24H28N6O2/c1-4-29(5-2)22(31)15-30-13-12-17-14-18(10-11-21(17)30)26-24(32)25-16(3)23-27-19-8-6-7-9-20(19)28-23/h6-14,16H,4-5,15H2,1-3H3,(H,27,28)(H2,25,26,32). The van der Waals surface area contributed by atoms with E-state index >= 15 is 0 Å². The van der Waals surface area contributed by atoms with Gasteiger partial charge in [-0.15, -0.1) is 0 Å². The Morgan fingerprint density at radius 1 is 1.12 bits per heavy atom. The summed E-state index contributed by atoms with van der Waals surface area (Å²) in [6, 6.07) is 14.8. The van der Waals surface area contributed by atoms with Gasteiger partial charge in [-0.3, -0.25) is 4.79 Å². The van der Waals surface area contributed by atoms with Crippen LogP contribution in [0.15, 0.2) is 54.7 Å². The molecule has 4 rings (SSSR count). The molecule has 2 aromatic carbocycles. The van der Waals surface area contributed by atoms with Gasteiger partial charge in [-0.05, 0) is 57.2 Å². The summed E-state index contributed by atoms with van der Waals surface area (Å²) in [4.78, 5) is 34.5. The second-order valence-electron chi connectivity index (χ2n) is 7.74. The van der Waals surface area contributed by atoms with Crippen molar-refractivity contribution >= 4 is 39.6 Å². The van der Waals surface area contributed by atoms with Crippen molar-refractivity contribution in [2.24, 2.45) is 0 Å². The van der Waals surface area contributed by atoms with Crippen LogP contribution in [0.25, 0.3) is 21.9 Å². The zero-order chi connectivity index (χ0) is 22.7. The summed E-state index contributed by atoms with van der Waals surface area (Å²) in [5, 5.41) is 6.75. The minimum absolute atomic E-state index is 0.0913. The Hall–Kier alpha value is -3.81. The van der Waals surface area contributed by atoms with E-state index in [-0.39, 0.29) is 18.0 Å². The fourth-order valence-corrected chi connectivity index (χ4v) is 3.85. The van der Waals surface area contributed by atoms with Crippen molar-refractivity contribution in [3.8, 4) is 0 Å². The minimum Gasteiger partial charge on any atom is -0.342 e. The molecule has 1 unspecified atom stereocenters. The van der Waals surface area contributed by atoms with Crippen LogP contribution in [0.4, 0.5) is 10.5 Å². The smallest absolute Gasteiger partial charge is 0.319 e. The normalized spacial score (nSPS) is 12.1. The molecule has 0 radical (unpaired) electrons. The summed E-state index contributed by atoms with van der Waals surface area (Å²) in [6.07, 6.45) is 1.90. The van der Waals surface area contributed by atoms with Crippen LogP contribution < -0.4 is 10.6 Å². The number of likely N-dealkylation sites (N-methyl/N-ethyl adjacent to an activating group) is 1. The van der Waals surface area contributed by atoms with Crippen LogP contribution in [0, 0.1) is 0 Å². The number of aromatic nitrogens is 3. The van der Waals surface area contributed by atoms with Crippen molar-refractivity contribution in [1.29, 1.82) is 0 Å². The molecule has 0 fully saturated rings. The molecule has 32 heavy (non-hydrogen) atoms. The molecule has 0 saturated carbocycles. The molecule has 3 N–H and O–H groups in total. The first kappa shape index (κ1) is 21.4. The number of anilines is 1. The van der Waals surface area contributed by atoms with E-state index in [9.17, 15) is 9.59 Å². The van der Waals surface area contributed by atoms with E-state index in [1.165, 1.54) is 0 Å². The van der Waals surface area contributed by atoms with Crippen LogP contribution in [0.5, 0.6) is 0 Å². The quantitative estimate of drug-likeness (QED) is 0.407. The molecule has 2 aromatic heterocycles. The number of imidazole rings is 1. The Morgan fingerprint density at radius 2 is 1.91 bits per heavy atom. The molecule has 0 aliphatic rings. The number of benzene rings is 2. The molecule has 0 aliphatic carbocycles. The number of hydrogen-bond acceptors (Lipinski definition) is 3. The second-order valence-corrected chi connectivity index (χ2v) is 7.74. The summed E-state index contributed by atoms with van der Waals surface area (Å²) in [5.41, 5.74) is 3.43. The molecule has 0 spiro atoms. The lowest BCUT2D eigenvalue weighted by Gasteiger charge is -2.19. The van der Waals surface area contributed by atoms with Gasteiger partial charge >= 0.3 is 6.03 Å². The van der Waals surface area contributed by atoms with Crippen molar-refractivity contribution in [3.63, 3.8) is 0 Å². The number of fused-ring (bicyclic) bond motifs is 2. The average molecular weight is 433 g/mol. The molecular weight excluding hydrogens is 404 g/mol. The van der Waals surface area contributed by atoms with Crippen LogP contribution in [-0.2, 0) is 11.3 Å². The van der Waals surface area contributed by atoms with Crippen molar-refractivity contribution in [2.45, 2.75) is 33.4 Å². The minimum atomic E-state index is -0.312. The number of amides is 3. The fraction of sp³-hybridized carbons (Fsp3) is 0.292. The number of carbonyl (C=O) groups is 2. The van der Waals surface area contributed by atoms with Gasteiger partial charge in [-0.2, -0.15) is 0 Å². The molecule has 166 valence electrons. The summed E-state index contributed by atoms with van der Waals surface area (Å²) in [6.45, 7) is 7.54. The molecule has 8 heteroatoms. The second kappa shape index (κ2) is 9.13. The van der Waals surface area contributed by atoms with Crippen LogP contribution in [0.1, 0.15) is 32.6 Å². The maximum Gasteiger partial charge on any atom is 0.319 e. The highest BCUT2D eigenvalue weighted by molar-refractivity contribution is 5.93. The molecule has 4 aromatic rings. The van der Waals surface area contributed by atoms with Crippen LogP contribution in [-0.4, -0.2) is 44.5 Å². The largest absolute Gasteiger partial charge is 0.342 e. The maximum atomic E-state index is 12.5. The molecule has 3 amide bonds. The molecule has 0 aliphatic heterocycles. The Labute approximate surface area is 186 Å². The predicted molar refractivity (Wildman–Crippen MR) is 127 cm³/mol. The average Bonchev–Trinajstić information content (AvgIpc) is 3.38. The molecular formula is C24H28N6O2. The lowest BCUT2D eigenvalue weighted by molar-refractivity contribution is -0.131. The number of H-pyrrole nitrogens is 1. The predicted octanol–water partition coefficient (Wildman–Crippen LogP) is 4.27. The highest BCUT2D eigenvalue weighted by Crippen LogP contribution is 2.21. The molecule has 8 nitrogen and oxygen atoms in total. The first-order valence-corrected chi connectivity index (χ1v) is 10.9. The Kier molecular flexibility index (Phi) is 6.11. The van der Waals surface area contributed by atoms with E-state index < -0.39 is 0 Å². The number of aromatic amines is 1. The summed E-state index contributed by atoms with van der Waals surface area (Å²) in [7, 11) is 0. The number of urea groups is 1. The molecule has 0 saturated heterocycles. The maximum absolute atomic E-state index is 12.5. The van der Waals surface area contributed by atoms with Crippen LogP contribution in [0.3, 0.4) is 0 Å². The van der Waals surface area contributed by atoms with Crippen molar-refractivity contribution < 1.29 is 9.59 Å². The molecule has 0 bridgehead atoms. The number of nitrogens with zero attached hydrogens (tertiary/aromatic N) is 3. The van der Waals surface area contributed by atoms with E-state index in [2.05, 4.69) is 20.6 Å².